The first-order valence-electron chi connectivity index (χ1n) is 12.1. The molecule has 178 valence electrons. The molecule has 2 aromatic carbocycles. The number of fused-ring (bicyclic) bond motifs is 1. The molecule has 0 bridgehead atoms. The van der Waals surface area contributed by atoms with Gasteiger partial charge in [-0.15, -0.1) is 0 Å². The fourth-order valence-corrected chi connectivity index (χ4v) is 4.22. The minimum absolute atomic E-state index is 0.120. The number of amides is 2. The number of hydrogen-bond acceptors (Lipinski definition) is 3. The Balaban J connectivity index is 1.91. The Morgan fingerprint density at radius 2 is 1.73 bits per heavy atom. The molecule has 1 aliphatic rings. The third-order valence-electron chi connectivity index (χ3n) is 6.01. The van der Waals surface area contributed by atoms with Gasteiger partial charge in [0, 0.05) is 19.5 Å². The zero-order chi connectivity index (χ0) is 24.1. The maximum Gasteiger partial charge on any atom is 0.260 e. The van der Waals surface area contributed by atoms with Crippen LogP contribution in [0.1, 0.15) is 69.3 Å². The lowest BCUT2D eigenvalue weighted by Gasteiger charge is -2.38. The number of nitrogens with zero attached hydrogens (tertiary/aromatic N) is 1. The van der Waals surface area contributed by atoms with E-state index in [1.807, 2.05) is 17.0 Å². The Hall–Kier alpha value is -2.82. The highest BCUT2D eigenvalue weighted by atomic mass is 16.5. The Morgan fingerprint density at radius 3 is 2.36 bits per heavy atom. The number of rotatable bonds is 8. The van der Waals surface area contributed by atoms with E-state index in [9.17, 15) is 9.59 Å². The van der Waals surface area contributed by atoms with Gasteiger partial charge >= 0.3 is 0 Å². The SMILES string of the molecule is Cc1ccc([C@@H]2c3cc(O[C@H](C)C(=O)NCC(C)C)ccc3CCN2C(=O)CC(C)C)cc1. The molecule has 0 fully saturated rings. The number of nitrogens with one attached hydrogen (secondary N) is 1. The van der Waals surface area contributed by atoms with Crippen molar-refractivity contribution in [2.75, 3.05) is 13.1 Å². The molecule has 0 saturated heterocycles. The number of aryl methyl sites for hydroxylation is 1. The summed E-state index contributed by atoms with van der Waals surface area (Å²) < 4.78 is 6.02. The van der Waals surface area contributed by atoms with Crippen molar-refractivity contribution in [3.05, 3.63) is 64.7 Å². The van der Waals surface area contributed by atoms with Gasteiger partial charge in [-0.2, -0.15) is 0 Å². The van der Waals surface area contributed by atoms with Crippen LogP contribution in [0.25, 0.3) is 0 Å². The van der Waals surface area contributed by atoms with Gasteiger partial charge in [0.1, 0.15) is 5.75 Å². The third-order valence-corrected chi connectivity index (χ3v) is 6.01. The number of hydrogen-bond donors (Lipinski definition) is 1. The van der Waals surface area contributed by atoms with Crippen LogP contribution in [-0.4, -0.2) is 35.9 Å². The molecule has 0 unspecified atom stereocenters. The summed E-state index contributed by atoms with van der Waals surface area (Å²) in [5, 5.41) is 2.93. The maximum atomic E-state index is 13.2. The summed E-state index contributed by atoms with van der Waals surface area (Å²) in [6, 6.07) is 14.3. The fourth-order valence-electron chi connectivity index (χ4n) is 4.22. The lowest BCUT2D eigenvalue weighted by molar-refractivity contribution is -0.134. The molecule has 1 heterocycles. The van der Waals surface area contributed by atoms with Gasteiger partial charge in [-0.1, -0.05) is 63.6 Å². The molecule has 1 aliphatic heterocycles. The van der Waals surface area contributed by atoms with Crippen molar-refractivity contribution in [2.24, 2.45) is 11.8 Å². The highest BCUT2D eigenvalue weighted by Crippen LogP contribution is 2.38. The highest BCUT2D eigenvalue weighted by Gasteiger charge is 2.32. The van der Waals surface area contributed by atoms with Crippen molar-refractivity contribution >= 4 is 11.8 Å². The van der Waals surface area contributed by atoms with Gasteiger partial charge in [-0.05, 0) is 60.9 Å². The molecule has 1 N–H and O–H groups in total. The lowest BCUT2D eigenvalue weighted by Crippen LogP contribution is -2.41. The van der Waals surface area contributed by atoms with Gasteiger partial charge in [0.2, 0.25) is 5.91 Å². The monoisotopic (exact) mass is 450 g/mol. The normalized spacial score (nSPS) is 16.5. The number of carbonyl (C=O) groups excluding carboxylic acids is 2. The predicted octanol–water partition coefficient (Wildman–Crippen LogP) is 5.05. The van der Waals surface area contributed by atoms with Crippen LogP contribution in [0.5, 0.6) is 5.75 Å². The molecule has 5 nitrogen and oxygen atoms in total. The topological polar surface area (TPSA) is 58.6 Å². The summed E-state index contributed by atoms with van der Waals surface area (Å²) in [5.74, 6) is 1.39. The first-order chi connectivity index (χ1) is 15.7. The van der Waals surface area contributed by atoms with Crippen LogP contribution in [-0.2, 0) is 16.0 Å². The summed E-state index contributed by atoms with van der Waals surface area (Å²) >= 11 is 0. The minimum Gasteiger partial charge on any atom is -0.481 e. The number of benzene rings is 2. The molecule has 2 aromatic rings. The summed E-state index contributed by atoms with van der Waals surface area (Å²) in [4.78, 5) is 27.6. The van der Waals surface area contributed by atoms with Crippen LogP contribution >= 0.6 is 0 Å². The molecule has 0 saturated carbocycles. The van der Waals surface area contributed by atoms with E-state index < -0.39 is 6.10 Å². The molecule has 2 atom stereocenters. The molecular weight excluding hydrogens is 412 g/mol. The summed E-state index contributed by atoms with van der Waals surface area (Å²) in [7, 11) is 0. The second kappa shape index (κ2) is 10.9. The van der Waals surface area contributed by atoms with Gasteiger partial charge in [-0.3, -0.25) is 9.59 Å². The van der Waals surface area contributed by atoms with Crippen molar-refractivity contribution in [3.8, 4) is 5.75 Å². The molecule has 2 amide bonds. The second-order valence-corrected chi connectivity index (χ2v) is 10.0. The van der Waals surface area contributed by atoms with Crippen LogP contribution in [0.3, 0.4) is 0 Å². The largest absolute Gasteiger partial charge is 0.481 e. The zero-order valence-corrected chi connectivity index (χ0v) is 20.9. The van der Waals surface area contributed by atoms with E-state index >= 15 is 0 Å². The van der Waals surface area contributed by atoms with E-state index in [2.05, 4.69) is 70.3 Å². The van der Waals surface area contributed by atoms with E-state index in [0.717, 1.165) is 17.5 Å². The van der Waals surface area contributed by atoms with Crippen LogP contribution in [0.4, 0.5) is 0 Å². The van der Waals surface area contributed by atoms with Gasteiger partial charge in [-0.25, -0.2) is 0 Å². The van der Waals surface area contributed by atoms with Crippen molar-refractivity contribution < 1.29 is 14.3 Å². The Kier molecular flexibility index (Phi) is 8.17. The zero-order valence-electron chi connectivity index (χ0n) is 20.9. The van der Waals surface area contributed by atoms with E-state index in [4.69, 9.17) is 4.74 Å². The predicted molar refractivity (Wildman–Crippen MR) is 132 cm³/mol. The molecule has 3 rings (SSSR count). The van der Waals surface area contributed by atoms with Crippen LogP contribution in [0.15, 0.2) is 42.5 Å². The van der Waals surface area contributed by atoms with E-state index in [1.54, 1.807) is 6.92 Å². The summed E-state index contributed by atoms with van der Waals surface area (Å²) in [6.45, 7) is 13.4. The lowest BCUT2D eigenvalue weighted by atomic mass is 9.87. The van der Waals surface area contributed by atoms with E-state index in [1.165, 1.54) is 11.1 Å². The average Bonchev–Trinajstić information content (AvgIpc) is 2.76. The first kappa shape index (κ1) is 24.8. The molecule has 0 spiro atoms. The summed E-state index contributed by atoms with van der Waals surface area (Å²) in [6.07, 6.45) is 0.745. The standard InChI is InChI=1S/C28H38N2O3/c1-18(2)15-26(31)30-14-13-22-11-12-24(33-21(6)28(32)29-17-19(3)4)16-25(22)27(30)23-9-7-20(5)8-10-23/h7-12,16,18-19,21,27H,13-15,17H2,1-6H3,(H,29,32)/t21-,27-/m1/s1. The molecule has 33 heavy (non-hydrogen) atoms. The molecule has 0 aliphatic carbocycles. The average molecular weight is 451 g/mol. The smallest absolute Gasteiger partial charge is 0.260 e. The first-order valence-corrected chi connectivity index (χ1v) is 12.1. The second-order valence-electron chi connectivity index (χ2n) is 10.0. The maximum absolute atomic E-state index is 13.2. The van der Waals surface area contributed by atoms with Gasteiger partial charge in [0.05, 0.1) is 6.04 Å². The van der Waals surface area contributed by atoms with Crippen molar-refractivity contribution in [1.82, 2.24) is 10.2 Å². The van der Waals surface area contributed by atoms with Gasteiger partial charge in [0.15, 0.2) is 6.10 Å². The molecular formula is C28H38N2O3. The molecule has 5 heteroatoms. The highest BCUT2D eigenvalue weighted by molar-refractivity contribution is 5.80. The number of ether oxygens (including phenoxy) is 1. The van der Waals surface area contributed by atoms with Crippen LogP contribution < -0.4 is 10.1 Å². The van der Waals surface area contributed by atoms with Crippen LogP contribution in [0.2, 0.25) is 0 Å². The fraction of sp³-hybridized carbons (Fsp3) is 0.500. The van der Waals surface area contributed by atoms with E-state index in [0.29, 0.717) is 37.1 Å². The quantitative estimate of drug-likeness (QED) is 0.612. The summed E-state index contributed by atoms with van der Waals surface area (Å²) in [5.41, 5.74) is 4.58. The van der Waals surface area contributed by atoms with Gasteiger partial charge < -0.3 is 15.0 Å². The van der Waals surface area contributed by atoms with E-state index in [-0.39, 0.29) is 17.9 Å². The van der Waals surface area contributed by atoms with Gasteiger partial charge in [0.25, 0.3) is 5.91 Å². The van der Waals surface area contributed by atoms with Crippen molar-refractivity contribution in [2.45, 2.75) is 66.5 Å². The Bertz CT molecular complexity index is 966. The third kappa shape index (κ3) is 6.37. The number of carbonyl (C=O) groups is 2. The Morgan fingerprint density at radius 1 is 1.03 bits per heavy atom. The minimum atomic E-state index is -0.595. The van der Waals surface area contributed by atoms with Crippen molar-refractivity contribution in [1.29, 1.82) is 0 Å². The Labute approximate surface area is 198 Å². The molecule has 0 aromatic heterocycles. The van der Waals surface area contributed by atoms with Crippen molar-refractivity contribution in [3.63, 3.8) is 0 Å². The molecule has 0 radical (unpaired) electrons. The van der Waals surface area contributed by atoms with Crippen LogP contribution in [0, 0.1) is 18.8 Å².